The number of nitrogens with zero attached hydrogens (tertiary/aromatic N) is 1. The van der Waals surface area contributed by atoms with E-state index in [4.69, 9.17) is 4.42 Å². The van der Waals surface area contributed by atoms with Crippen LogP contribution in [-0.2, 0) is 7.05 Å². The predicted octanol–water partition coefficient (Wildman–Crippen LogP) is 8.31. The third kappa shape index (κ3) is 3.49. The number of rotatable bonds is 3. The lowest BCUT2D eigenvalue weighted by Crippen LogP contribution is -2.31. The second kappa shape index (κ2) is 8.42. The molecule has 0 saturated heterocycles. The van der Waals surface area contributed by atoms with Crippen molar-refractivity contribution >= 4 is 21.9 Å². The zero-order valence-electron chi connectivity index (χ0n) is 20.3. The summed E-state index contributed by atoms with van der Waals surface area (Å²) in [4.78, 5) is 0. The van der Waals surface area contributed by atoms with Crippen LogP contribution >= 0.6 is 0 Å². The highest BCUT2D eigenvalue weighted by Gasteiger charge is 2.24. The number of hydrogen-bond acceptors (Lipinski definition) is 1. The molecule has 0 saturated carbocycles. The second-order valence-electron chi connectivity index (χ2n) is 9.28. The Morgan fingerprint density at radius 1 is 0.611 bits per heavy atom. The molecule has 2 aromatic heterocycles. The standard InChI is InChI=1S/C32H24F2NO/c1-19-9-14-24-25-15-16-26(33)30(23-12-10-22(11-13-23)21-7-5-4-6-8-21)32(25)36-31(24)29(19)28-17-20(2)27(34)18-35(28)3/h4-18H,1-3H3/q+1. The average molecular weight is 477 g/mol. The molecule has 0 spiro atoms. The van der Waals surface area contributed by atoms with Crippen LogP contribution in [0.2, 0.25) is 0 Å². The molecular formula is C32H24F2NO+. The Labute approximate surface area is 208 Å². The zero-order valence-corrected chi connectivity index (χ0v) is 20.3. The summed E-state index contributed by atoms with van der Waals surface area (Å²) in [6.07, 6.45) is 1.48. The fourth-order valence-electron chi connectivity index (χ4n) is 4.99. The van der Waals surface area contributed by atoms with Gasteiger partial charge in [-0.3, -0.25) is 0 Å². The number of furan rings is 1. The minimum Gasteiger partial charge on any atom is -0.454 e. The summed E-state index contributed by atoms with van der Waals surface area (Å²) in [5, 5.41) is 1.74. The van der Waals surface area contributed by atoms with E-state index in [2.05, 4.69) is 12.1 Å². The van der Waals surface area contributed by atoms with E-state index in [9.17, 15) is 4.39 Å². The average Bonchev–Trinajstić information content (AvgIpc) is 3.25. The Morgan fingerprint density at radius 3 is 1.94 bits per heavy atom. The summed E-state index contributed by atoms with van der Waals surface area (Å²) in [6.45, 7) is 3.75. The lowest BCUT2D eigenvalue weighted by Gasteiger charge is -2.07. The molecule has 0 N–H and O–H groups in total. The van der Waals surface area contributed by atoms with Gasteiger partial charge >= 0.3 is 0 Å². The van der Waals surface area contributed by atoms with E-state index in [1.54, 1.807) is 17.6 Å². The van der Waals surface area contributed by atoms with Gasteiger partial charge in [-0.25, -0.2) is 8.78 Å². The maximum atomic E-state index is 15.3. The Bertz CT molecular complexity index is 1770. The minimum atomic E-state index is -0.338. The maximum Gasteiger partial charge on any atom is 0.216 e. The maximum absolute atomic E-state index is 15.3. The molecule has 6 rings (SSSR count). The molecule has 0 atom stereocenters. The zero-order chi connectivity index (χ0) is 25.0. The summed E-state index contributed by atoms with van der Waals surface area (Å²) in [5.41, 5.74) is 7.79. The molecule has 0 aliphatic heterocycles. The van der Waals surface area contributed by atoms with Crippen LogP contribution in [0, 0.1) is 25.5 Å². The third-order valence-electron chi connectivity index (χ3n) is 6.92. The molecule has 0 bridgehead atoms. The molecule has 2 nitrogen and oxygen atoms in total. The molecule has 0 aliphatic carbocycles. The first-order chi connectivity index (χ1) is 17.4. The van der Waals surface area contributed by atoms with Crippen molar-refractivity contribution in [2.45, 2.75) is 13.8 Å². The summed E-state index contributed by atoms with van der Waals surface area (Å²) in [7, 11) is 1.82. The second-order valence-corrected chi connectivity index (χ2v) is 9.28. The Kier molecular flexibility index (Phi) is 5.18. The van der Waals surface area contributed by atoms with Crippen LogP contribution in [0.5, 0.6) is 0 Å². The smallest absolute Gasteiger partial charge is 0.216 e. The van der Waals surface area contributed by atoms with Crippen LogP contribution in [0.3, 0.4) is 0 Å². The van der Waals surface area contributed by atoms with E-state index >= 15 is 4.39 Å². The van der Waals surface area contributed by atoms with E-state index in [0.717, 1.165) is 44.3 Å². The van der Waals surface area contributed by atoms with E-state index in [1.165, 1.54) is 12.3 Å². The monoisotopic (exact) mass is 476 g/mol. The van der Waals surface area contributed by atoms with Gasteiger partial charge in [-0.2, -0.15) is 4.57 Å². The molecule has 6 aromatic rings. The molecular weight excluding hydrogens is 452 g/mol. The van der Waals surface area contributed by atoms with Gasteiger partial charge in [-0.05, 0) is 53.8 Å². The highest BCUT2D eigenvalue weighted by molar-refractivity contribution is 6.13. The Hall–Kier alpha value is -4.31. The normalized spacial score (nSPS) is 11.5. The summed E-state index contributed by atoms with van der Waals surface area (Å²) >= 11 is 0. The number of benzene rings is 4. The van der Waals surface area contributed by atoms with Crippen LogP contribution in [0.15, 0.2) is 95.5 Å². The van der Waals surface area contributed by atoms with Crippen LogP contribution in [0.4, 0.5) is 8.78 Å². The first-order valence-electron chi connectivity index (χ1n) is 11.9. The van der Waals surface area contributed by atoms with Gasteiger partial charge in [0.05, 0.1) is 11.1 Å². The van der Waals surface area contributed by atoms with Crippen molar-refractivity contribution in [3.63, 3.8) is 0 Å². The van der Waals surface area contributed by atoms with Gasteiger partial charge in [0, 0.05) is 16.8 Å². The number of aromatic nitrogens is 1. The molecule has 0 aliphatic rings. The van der Waals surface area contributed by atoms with Gasteiger partial charge in [0.1, 0.15) is 24.0 Å². The van der Waals surface area contributed by atoms with E-state index in [-0.39, 0.29) is 11.6 Å². The SMILES string of the molecule is Cc1cc(-c2c(C)ccc3c2oc2c(-c4ccc(-c5ccccc5)cc4)c(F)ccc23)[n+](C)cc1F. The van der Waals surface area contributed by atoms with Gasteiger partial charge in [0.15, 0.2) is 5.82 Å². The summed E-state index contributed by atoms with van der Waals surface area (Å²) in [5.74, 6) is -0.602. The van der Waals surface area contributed by atoms with Crippen LogP contribution in [0.1, 0.15) is 11.1 Å². The molecule has 4 heteroatoms. The molecule has 4 aromatic carbocycles. The van der Waals surface area contributed by atoms with Crippen molar-refractivity contribution in [2.24, 2.45) is 7.05 Å². The van der Waals surface area contributed by atoms with Crippen molar-refractivity contribution in [1.82, 2.24) is 0 Å². The Morgan fingerprint density at radius 2 is 1.22 bits per heavy atom. The van der Waals surface area contributed by atoms with Gasteiger partial charge in [0.25, 0.3) is 0 Å². The molecule has 0 radical (unpaired) electrons. The molecule has 0 amide bonds. The fourth-order valence-corrected chi connectivity index (χ4v) is 4.99. The lowest BCUT2D eigenvalue weighted by atomic mass is 9.97. The number of fused-ring (bicyclic) bond motifs is 3. The fraction of sp³-hybridized carbons (Fsp3) is 0.0938. The van der Waals surface area contributed by atoms with Crippen molar-refractivity contribution in [3.05, 3.63) is 114 Å². The molecule has 2 heterocycles. The topological polar surface area (TPSA) is 17.0 Å². The summed E-state index contributed by atoms with van der Waals surface area (Å²) < 4.78 is 37.8. The van der Waals surface area contributed by atoms with Crippen LogP contribution < -0.4 is 4.57 Å². The first-order valence-corrected chi connectivity index (χ1v) is 11.9. The van der Waals surface area contributed by atoms with E-state index in [1.807, 2.05) is 74.6 Å². The predicted molar refractivity (Wildman–Crippen MR) is 141 cm³/mol. The summed E-state index contributed by atoms with van der Waals surface area (Å²) in [6, 6.07) is 27.1. The van der Waals surface area contributed by atoms with Gasteiger partial charge in [-0.15, -0.1) is 0 Å². The molecule has 0 unspecified atom stereocenters. The van der Waals surface area contributed by atoms with E-state index < -0.39 is 0 Å². The largest absolute Gasteiger partial charge is 0.454 e. The number of pyridine rings is 1. The lowest BCUT2D eigenvalue weighted by molar-refractivity contribution is -0.662. The number of aryl methyl sites for hydroxylation is 3. The van der Waals surface area contributed by atoms with Crippen LogP contribution in [-0.4, -0.2) is 0 Å². The highest BCUT2D eigenvalue weighted by Crippen LogP contribution is 2.42. The molecule has 36 heavy (non-hydrogen) atoms. The number of halogens is 2. The van der Waals surface area contributed by atoms with Gasteiger partial charge in [-0.1, -0.05) is 66.7 Å². The van der Waals surface area contributed by atoms with Crippen LogP contribution in [0.25, 0.3) is 55.4 Å². The minimum absolute atomic E-state index is 0.265. The van der Waals surface area contributed by atoms with Gasteiger partial charge in [0.2, 0.25) is 11.9 Å². The highest BCUT2D eigenvalue weighted by atomic mass is 19.1. The third-order valence-corrected chi connectivity index (χ3v) is 6.92. The Balaban J connectivity index is 1.59. The first kappa shape index (κ1) is 22.2. The molecule has 0 fully saturated rings. The van der Waals surface area contributed by atoms with Crippen molar-refractivity contribution in [2.75, 3.05) is 0 Å². The number of hydrogen-bond donors (Lipinski definition) is 0. The molecule has 176 valence electrons. The quantitative estimate of drug-likeness (QED) is 0.235. The van der Waals surface area contributed by atoms with Crippen molar-refractivity contribution in [3.8, 4) is 33.5 Å². The van der Waals surface area contributed by atoms with Gasteiger partial charge < -0.3 is 4.42 Å². The van der Waals surface area contributed by atoms with Crippen molar-refractivity contribution < 1.29 is 17.8 Å². The van der Waals surface area contributed by atoms with E-state index in [0.29, 0.717) is 22.3 Å². The van der Waals surface area contributed by atoms with Crippen molar-refractivity contribution in [1.29, 1.82) is 0 Å².